The lowest BCUT2D eigenvalue weighted by molar-refractivity contribution is 0.102. The number of hydrogen-bond donors (Lipinski definition) is 2. The van der Waals surface area contributed by atoms with Gasteiger partial charge < -0.3 is 5.73 Å². The summed E-state index contributed by atoms with van der Waals surface area (Å²) < 4.78 is 0.852. The Kier molecular flexibility index (Phi) is 3.16. The Morgan fingerprint density at radius 2 is 2.31 bits per heavy atom. The van der Waals surface area contributed by atoms with E-state index in [0.29, 0.717) is 16.4 Å². The fraction of sp³-hybridized carbons (Fsp3) is 0. The normalized spacial score (nSPS) is 10.1. The molecule has 5 nitrogen and oxygen atoms in total. The molecule has 0 atom stereocenters. The number of pyridine rings is 1. The van der Waals surface area contributed by atoms with Crippen molar-refractivity contribution in [1.29, 1.82) is 0 Å². The van der Waals surface area contributed by atoms with Crippen LogP contribution in [0.1, 0.15) is 10.4 Å². The summed E-state index contributed by atoms with van der Waals surface area (Å²) in [6, 6.07) is 1.56. The highest BCUT2D eigenvalue weighted by molar-refractivity contribution is 9.11. The van der Waals surface area contributed by atoms with E-state index >= 15 is 0 Å². The van der Waals surface area contributed by atoms with Gasteiger partial charge in [-0.15, -0.1) is 0 Å². The summed E-state index contributed by atoms with van der Waals surface area (Å²) >= 11 is 4.60. The first kappa shape index (κ1) is 11.0. The van der Waals surface area contributed by atoms with Crippen LogP contribution in [-0.2, 0) is 0 Å². The van der Waals surface area contributed by atoms with E-state index in [2.05, 4.69) is 31.2 Å². The van der Waals surface area contributed by atoms with Crippen LogP contribution in [0.15, 0.2) is 28.4 Å². The standard InChI is InChI=1S/C9H7BrN4OS/c10-7-4-13-9(16-7)14-8(15)5-1-2-12-3-6(5)11/h1-4H,11H2,(H,13,14,15). The number of rotatable bonds is 2. The van der Waals surface area contributed by atoms with Crippen molar-refractivity contribution < 1.29 is 4.79 Å². The largest absolute Gasteiger partial charge is 0.397 e. The predicted molar refractivity (Wildman–Crippen MR) is 66.4 cm³/mol. The van der Waals surface area contributed by atoms with Crippen LogP contribution in [0.4, 0.5) is 10.8 Å². The van der Waals surface area contributed by atoms with E-state index in [1.54, 1.807) is 12.3 Å². The molecule has 2 aromatic heterocycles. The fourth-order valence-corrected chi connectivity index (χ4v) is 2.19. The Labute approximate surface area is 104 Å². The predicted octanol–water partition coefficient (Wildman–Crippen LogP) is 2.14. The van der Waals surface area contributed by atoms with E-state index in [9.17, 15) is 4.79 Å². The first-order chi connectivity index (χ1) is 7.66. The lowest BCUT2D eigenvalue weighted by Crippen LogP contribution is -2.13. The zero-order chi connectivity index (χ0) is 11.5. The van der Waals surface area contributed by atoms with Gasteiger partial charge in [-0.25, -0.2) is 4.98 Å². The van der Waals surface area contributed by atoms with E-state index in [0.717, 1.165) is 3.79 Å². The van der Waals surface area contributed by atoms with Gasteiger partial charge >= 0.3 is 0 Å². The molecular formula is C9H7BrN4OS. The molecule has 1 amide bonds. The minimum atomic E-state index is -0.290. The molecule has 0 unspecified atom stereocenters. The molecule has 16 heavy (non-hydrogen) atoms. The van der Waals surface area contributed by atoms with Crippen LogP contribution in [0.3, 0.4) is 0 Å². The number of hydrogen-bond acceptors (Lipinski definition) is 5. The zero-order valence-corrected chi connectivity index (χ0v) is 10.4. The molecule has 0 aliphatic carbocycles. The molecule has 0 aromatic carbocycles. The number of carbonyl (C=O) groups is 1. The fourth-order valence-electron chi connectivity index (χ4n) is 1.09. The summed E-state index contributed by atoms with van der Waals surface area (Å²) in [6.45, 7) is 0. The Morgan fingerprint density at radius 1 is 1.50 bits per heavy atom. The first-order valence-electron chi connectivity index (χ1n) is 4.29. The molecule has 0 spiro atoms. The molecule has 0 saturated heterocycles. The van der Waals surface area contributed by atoms with Gasteiger partial charge in [-0.05, 0) is 22.0 Å². The third kappa shape index (κ3) is 2.37. The van der Waals surface area contributed by atoms with Gasteiger partial charge in [0.15, 0.2) is 5.13 Å². The van der Waals surface area contributed by atoms with Gasteiger partial charge in [0.05, 0.1) is 27.4 Å². The smallest absolute Gasteiger partial charge is 0.259 e. The molecule has 2 heterocycles. The van der Waals surface area contributed by atoms with Crippen LogP contribution in [0.25, 0.3) is 0 Å². The van der Waals surface area contributed by atoms with Crippen LogP contribution >= 0.6 is 27.3 Å². The average Bonchev–Trinajstić information content (AvgIpc) is 2.64. The average molecular weight is 299 g/mol. The Bertz CT molecular complexity index is 528. The van der Waals surface area contributed by atoms with Gasteiger partial charge in [0.25, 0.3) is 5.91 Å². The van der Waals surface area contributed by atoms with Gasteiger partial charge in [0.1, 0.15) is 0 Å². The molecule has 82 valence electrons. The van der Waals surface area contributed by atoms with E-state index in [4.69, 9.17) is 5.73 Å². The second-order valence-electron chi connectivity index (χ2n) is 2.89. The topological polar surface area (TPSA) is 80.9 Å². The zero-order valence-electron chi connectivity index (χ0n) is 7.98. The highest BCUT2D eigenvalue weighted by Gasteiger charge is 2.11. The number of nitrogen functional groups attached to an aromatic ring is 1. The minimum Gasteiger partial charge on any atom is -0.397 e. The number of halogens is 1. The molecule has 7 heteroatoms. The maximum Gasteiger partial charge on any atom is 0.259 e. The molecular weight excluding hydrogens is 292 g/mol. The highest BCUT2D eigenvalue weighted by atomic mass is 79.9. The lowest BCUT2D eigenvalue weighted by atomic mass is 10.2. The van der Waals surface area contributed by atoms with Crippen molar-refractivity contribution in [3.8, 4) is 0 Å². The number of carbonyl (C=O) groups excluding carboxylic acids is 1. The SMILES string of the molecule is Nc1cnccc1C(=O)Nc1ncc(Br)s1. The third-order valence-corrected chi connectivity index (χ3v) is 3.19. The maximum absolute atomic E-state index is 11.8. The second kappa shape index (κ2) is 4.58. The summed E-state index contributed by atoms with van der Waals surface area (Å²) in [5.41, 5.74) is 6.36. The molecule has 0 radical (unpaired) electrons. The number of aromatic nitrogens is 2. The summed E-state index contributed by atoms with van der Waals surface area (Å²) in [5, 5.41) is 3.17. The van der Waals surface area contributed by atoms with Crippen molar-refractivity contribution in [2.75, 3.05) is 11.1 Å². The highest BCUT2D eigenvalue weighted by Crippen LogP contribution is 2.23. The van der Waals surface area contributed by atoms with Crippen LogP contribution in [0, 0.1) is 0 Å². The molecule has 0 saturated carbocycles. The first-order valence-corrected chi connectivity index (χ1v) is 5.90. The molecule has 0 aliphatic rings. The Balaban J connectivity index is 2.18. The number of nitrogens with zero attached hydrogens (tertiary/aromatic N) is 2. The Hall–Kier alpha value is -1.47. The van der Waals surface area contributed by atoms with Crippen LogP contribution < -0.4 is 11.1 Å². The molecule has 0 bridgehead atoms. The van der Waals surface area contributed by atoms with Gasteiger partial charge in [-0.2, -0.15) is 0 Å². The minimum absolute atomic E-state index is 0.290. The molecule has 2 aromatic rings. The van der Waals surface area contributed by atoms with Crippen LogP contribution in [-0.4, -0.2) is 15.9 Å². The van der Waals surface area contributed by atoms with Crippen molar-refractivity contribution in [1.82, 2.24) is 9.97 Å². The van der Waals surface area contributed by atoms with Crippen molar-refractivity contribution in [2.24, 2.45) is 0 Å². The van der Waals surface area contributed by atoms with Crippen molar-refractivity contribution in [2.45, 2.75) is 0 Å². The third-order valence-electron chi connectivity index (χ3n) is 1.79. The maximum atomic E-state index is 11.8. The van der Waals surface area contributed by atoms with Gasteiger partial charge in [0, 0.05) is 6.20 Å². The van der Waals surface area contributed by atoms with E-state index in [1.165, 1.54) is 23.7 Å². The number of nitrogens with one attached hydrogen (secondary N) is 1. The van der Waals surface area contributed by atoms with E-state index < -0.39 is 0 Å². The quantitative estimate of drug-likeness (QED) is 0.890. The Morgan fingerprint density at radius 3 is 2.94 bits per heavy atom. The molecule has 0 fully saturated rings. The van der Waals surface area contributed by atoms with Gasteiger partial charge in [-0.1, -0.05) is 11.3 Å². The van der Waals surface area contributed by atoms with Crippen molar-refractivity contribution in [3.63, 3.8) is 0 Å². The summed E-state index contributed by atoms with van der Waals surface area (Å²) in [6.07, 6.45) is 4.58. The second-order valence-corrected chi connectivity index (χ2v) is 5.30. The summed E-state index contributed by atoms with van der Waals surface area (Å²) in [4.78, 5) is 19.6. The van der Waals surface area contributed by atoms with Gasteiger partial charge in [0.2, 0.25) is 0 Å². The van der Waals surface area contributed by atoms with Crippen molar-refractivity contribution in [3.05, 3.63) is 34.0 Å². The number of amides is 1. The summed E-state index contributed by atoms with van der Waals surface area (Å²) in [7, 11) is 0. The number of thiazole rings is 1. The molecule has 3 N–H and O–H groups in total. The monoisotopic (exact) mass is 298 g/mol. The van der Waals surface area contributed by atoms with Crippen molar-refractivity contribution >= 4 is 44.0 Å². The molecule has 2 rings (SSSR count). The van der Waals surface area contributed by atoms with Crippen LogP contribution in [0.2, 0.25) is 0 Å². The van der Waals surface area contributed by atoms with E-state index in [1.807, 2.05) is 0 Å². The number of nitrogens with two attached hydrogens (primary N) is 1. The lowest BCUT2D eigenvalue weighted by Gasteiger charge is -2.03. The molecule has 0 aliphatic heterocycles. The van der Waals surface area contributed by atoms with Gasteiger partial charge in [-0.3, -0.25) is 15.1 Å². The van der Waals surface area contributed by atoms with E-state index in [-0.39, 0.29) is 5.91 Å². The van der Waals surface area contributed by atoms with Crippen LogP contribution in [0.5, 0.6) is 0 Å². The number of anilines is 2. The summed E-state index contributed by atoms with van der Waals surface area (Å²) in [5.74, 6) is -0.290.